The number of likely N-dealkylation sites (N-methyl/N-ethyl adjacent to an activating group) is 1. The molecular weight excluding hydrogens is 288 g/mol. The third kappa shape index (κ3) is 5.31. The van der Waals surface area contributed by atoms with Gasteiger partial charge < -0.3 is 26.0 Å². The Morgan fingerprint density at radius 2 is 2.00 bits per heavy atom. The molecule has 0 aliphatic carbocycles. The minimum atomic E-state index is -0.634. The SMILES string of the molecule is CNC(=O)Nc1ccc(COC(=O)N(C)CC(N)=O)c(C)c1. The maximum absolute atomic E-state index is 11.6. The molecule has 0 spiro atoms. The molecule has 1 aromatic carbocycles. The number of aryl methyl sites for hydroxylation is 1. The van der Waals surface area contributed by atoms with Crippen LogP contribution in [0.25, 0.3) is 0 Å². The van der Waals surface area contributed by atoms with E-state index in [-0.39, 0.29) is 19.2 Å². The molecule has 0 aromatic heterocycles. The van der Waals surface area contributed by atoms with E-state index in [1.807, 2.05) is 6.92 Å². The monoisotopic (exact) mass is 308 g/mol. The van der Waals surface area contributed by atoms with Crippen LogP contribution in [-0.2, 0) is 16.1 Å². The zero-order valence-electron chi connectivity index (χ0n) is 12.8. The molecule has 8 heteroatoms. The predicted octanol–water partition coefficient (Wildman–Crippen LogP) is 0.800. The van der Waals surface area contributed by atoms with E-state index in [1.54, 1.807) is 18.2 Å². The number of anilines is 1. The van der Waals surface area contributed by atoms with E-state index in [9.17, 15) is 14.4 Å². The van der Waals surface area contributed by atoms with E-state index in [4.69, 9.17) is 10.5 Å². The summed E-state index contributed by atoms with van der Waals surface area (Å²) in [4.78, 5) is 34.7. The fourth-order valence-corrected chi connectivity index (χ4v) is 1.68. The Kier molecular flexibility index (Phi) is 6.18. The van der Waals surface area contributed by atoms with Crippen LogP contribution in [0.1, 0.15) is 11.1 Å². The Labute approximate surface area is 128 Å². The van der Waals surface area contributed by atoms with E-state index >= 15 is 0 Å². The molecule has 8 nitrogen and oxygen atoms in total. The minimum absolute atomic E-state index is 0.0635. The lowest BCUT2D eigenvalue weighted by molar-refractivity contribution is -0.118. The van der Waals surface area contributed by atoms with Gasteiger partial charge in [0.1, 0.15) is 13.2 Å². The van der Waals surface area contributed by atoms with Gasteiger partial charge in [0.25, 0.3) is 0 Å². The number of nitrogens with two attached hydrogens (primary N) is 1. The molecule has 0 saturated heterocycles. The molecule has 0 fully saturated rings. The van der Waals surface area contributed by atoms with Crippen LogP contribution in [0.4, 0.5) is 15.3 Å². The lowest BCUT2D eigenvalue weighted by Crippen LogP contribution is -2.35. The second-order valence-electron chi connectivity index (χ2n) is 4.72. The number of primary amides is 1. The lowest BCUT2D eigenvalue weighted by Gasteiger charge is -2.16. The van der Waals surface area contributed by atoms with Crippen molar-refractivity contribution >= 4 is 23.7 Å². The van der Waals surface area contributed by atoms with Crippen LogP contribution in [0.5, 0.6) is 0 Å². The van der Waals surface area contributed by atoms with E-state index in [2.05, 4.69) is 10.6 Å². The summed E-state index contributed by atoms with van der Waals surface area (Å²) in [6, 6.07) is 4.91. The van der Waals surface area contributed by atoms with Gasteiger partial charge in [0.2, 0.25) is 5.91 Å². The Bertz CT molecular complexity index is 574. The normalized spacial score (nSPS) is 9.77. The minimum Gasteiger partial charge on any atom is -0.445 e. The van der Waals surface area contributed by atoms with Crippen molar-refractivity contribution in [3.05, 3.63) is 29.3 Å². The fraction of sp³-hybridized carbons (Fsp3) is 0.357. The molecule has 0 aliphatic heterocycles. The van der Waals surface area contributed by atoms with Gasteiger partial charge in [-0.25, -0.2) is 9.59 Å². The first-order chi connectivity index (χ1) is 10.3. The van der Waals surface area contributed by atoms with Crippen molar-refractivity contribution in [2.45, 2.75) is 13.5 Å². The van der Waals surface area contributed by atoms with Gasteiger partial charge in [-0.1, -0.05) is 6.07 Å². The average molecular weight is 308 g/mol. The van der Waals surface area contributed by atoms with E-state index in [0.29, 0.717) is 5.69 Å². The van der Waals surface area contributed by atoms with E-state index in [1.165, 1.54) is 14.1 Å². The Morgan fingerprint density at radius 1 is 1.32 bits per heavy atom. The average Bonchev–Trinajstić information content (AvgIpc) is 2.45. The highest BCUT2D eigenvalue weighted by atomic mass is 16.6. The number of rotatable bonds is 5. The summed E-state index contributed by atoms with van der Waals surface area (Å²) in [7, 11) is 2.95. The molecule has 120 valence electrons. The molecule has 1 aromatic rings. The lowest BCUT2D eigenvalue weighted by atomic mass is 10.1. The molecule has 22 heavy (non-hydrogen) atoms. The number of hydrogen-bond donors (Lipinski definition) is 3. The maximum Gasteiger partial charge on any atom is 0.410 e. The van der Waals surface area contributed by atoms with Gasteiger partial charge in [-0.05, 0) is 30.2 Å². The van der Waals surface area contributed by atoms with Crippen LogP contribution in [0.3, 0.4) is 0 Å². The first-order valence-corrected chi connectivity index (χ1v) is 6.58. The third-order valence-electron chi connectivity index (χ3n) is 2.88. The summed E-state index contributed by atoms with van der Waals surface area (Å²) in [5.41, 5.74) is 7.29. The Balaban J connectivity index is 2.61. The number of benzene rings is 1. The molecule has 0 heterocycles. The van der Waals surface area contributed by atoms with Gasteiger partial charge in [0.05, 0.1) is 0 Å². The van der Waals surface area contributed by atoms with Gasteiger partial charge in [0, 0.05) is 19.8 Å². The van der Waals surface area contributed by atoms with Gasteiger partial charge in [-0.3, -0.25) is 4.79 Å². The molecule has 4 amide bonds. The standard InChI is InChI=1S/C14H20N4O4/c1-9-6-11(17-13(20)16-2)5-4-10(9)8-22-14(21)18(3)7-12(15)19/h4-6H,7-8H2,1-3H3,(H2,15,19)(H2,16,17,20). The number of ether oxygens (including phenoxy) is 1. The molecule has 4 N–H and O–H groups in total. The first-order valence-electron chi connectivity index (χ1n) is 6.58. The number of urea groups is 1. The highest BCUT2D eigenvalue weighted by molar-refractivity contribution is 5.89. The number of carbonyl (C=O) groups excluding carboxylic acids is 3. The topological polar surface area (TPSA) is 114 Å². The Hall–Kier alpha value is -2.77. The van der Waals surface area contributed by atoms with Crippen LogP contribution in [0, 0.1) is 6.92 Å². The summed E-state index contributed by atoms with van der Waals surface area (Å²) in [6.07, 6.45) is -0.634. The third-order valence-corrected chi connectivity index (χ3v) is 2.88. The predicted molar refractivity (Wildman–Crippen MR) is 81.3 cm³/mol. The molecule has 0 bridgehead atoms. The number of nitrogens with zero attached hydrogens (tertiary/aromatic N) is 1. The van der Waals surface area contributed by atoms with Crippen molar-refractivity contribution in [3.8, 4) is 0 Å². The quantitative estimate of drug-likeness (QED) is 0.746. The Morgan fingerprint density at radius 3 is 2.55 bits per heavy atom. The van der Waals surface area contributed by atoms with Crippen LogP contribution in [0.15, 0.2) is 18.2 Å². The number of hydrogen-bond acceptors (Lipinski definition) is 4. The number of nitrogens with one attached hydrogen (secondary N) is 2. The van der Waals surface area contributed by atoms with Crippen LogP contribution < -0.4 is 16.4 Å². The van der Waals surface area contributed by atoms with Gasteiger partial charge in [-0.2, -0.15) is 0 Å². The van der Waals surface area contributed by atoms with Crippen molar-refractivity contribution < 1.29 is 19.1 Å². The number of amides is 4. The van der Waals surface area contributed by atoms with Crippen molar-refractivity contribution in [2.75, 3.05) is 26.0 Å². The van der Waals surface area contributed by atoms with Crippen LogP contribution in [0.2, 0.25) is 0 Å². The first kappa shape index (κ1) is 17.3. The van der Waals surface area contributed by atoms with E-state index in [0.717, 1.165) is 16.0 Å². The molecule has 0 aliphatic rings. The van der Waals surface area contributed by atoms with Gasteiger partial charge in [0.15, 0.2) is 0 Å². The highest BCUT2D eigenvalue weighted by Crippen LogP contribution is 2.16. The second-order valence-corrected chi connectivity index (χ2v) is 4.72. The smallest absolute Gasteiger partial charge is 0.410 e. The summed E-state index contributed by atoms with van der Waals surface area (Å²) in [6.45, 7) is 1.70. The highest BCUT2D eigenvalue weighted by Gasteiger charge is 2.13. The summed E-state index contributed by atoms with van der Waals surface area (Å²) < 4.78 is 5.09. The van der Waals surface area contributed by atoms with Gasteiger partial charge >= 0.3 is 12.1 Å². The molecular formula is C14H20N4O4. The zero-order valence-corrected chi connectivity index (χ0v) is 12.8. The van der Waals surface area contributed by atoms with Crippen LogP contribution >= 0.6 is 0 Å². The summed E-state index contributed by atoms with van der Waals surface area (Å²) in [5, 5.41) is 5.10. The molecule has 1 rings (SSSR count). The molecule has 0 unspecified atom stereocenters. The largest absolute Gasteiger partial charge is 0.445 e. The van der Waals surface area contributed by atoms with Crippen molar-refractivity contribution in [3.63, 3.8) is 0 Å². The van der Waals surface area contributed by atoms with Gasteiger partial charge in [-0.15, -0.1) is 0 Å². The van der Waals surface area contributed by atoms with Crippen LogP contribution in [-0.4, -0.2) is 43.6 Å². The molecule has 0 radical (unpaired) electrons. The van der Waals surface area contributed by atoms with E-state index < -0.39 is 12.0 Å². The van der Waals surface area contributed by atoms with Crippen molar-refractivity contribution in [1.82, 2.24) is 10.2 Å². The molecule has 0 saturated carbocycles. The number of carbonyl (C=O) groups is 3. The fourth-order valence-electron chi connectivity index (χ4n) is 1.68. The molecule has 0 atom stereocenters. The van der Waals surface area contributed by atoms with Crippen molar-refractivity contribution in [1.29, 1.82) is 0 Å². The zero-order chi connectivity index (χ0) is 16.7. The van der Waals surface area contributed by atoms with Crippen molar-refractivity contribution in [2.24, 2.45) is 5.73 Å². The summed E-state index contributed by atoms with van der Waals surface area (Å²) in [5.74, 6) is -0.611. The maximum atomic E-state index is 11.6. The summed E-state index contributed by atoms with van der Waals surface area (Å²) >= 11 is 0. The second kappa shape index (κ2) is 7.87.